The van der Waals surface area contributed by atoms with E-state index < -0.39 is 0 Å². The molecule has 1 aliphatic rings. The lowest BCUT2D eigenvalue weighted by molar-refractivity contribution is 0.0959. The predicted octanol–water partition coefficient (Wildman–Crippen LogP) is 2.25. The number of carbonyl (C=O) groups excluding carboxylic acids is 1. The SMILES string of the molecule is CNC(=O)c1cc2ccc(-c3nn(C4CC4)c4ncnc(N)c34)cc2[nH]1. The number of nitrogens with two attached hydrogens (primary N) is 1. The van der Waals surface area contributed by atoms with Crippen LogP contribution in [0.2, 0.25) is 0 Å². The zero-order valence-corrected chi connectivity index (χ0v) is 14.2. The van der Waals surface area contributed by atoms with Crippen LogP contribution in [-0.2, 0) is 0 Å². The minimum Gasteiger partial charge on any atom is -0.383 e. The van der Waals surface area contributed by atoms with Crippen molar-refractivity contribution < 1.29 is 4.79 Å². The first-order valence-electron chi connectivity index (χ1n) is 8.49. The molecule has 0 bridgehead atoms. The molecule has 1 aromatic carbocycles. The maximum Gasteiger partial charge on any atom is 0.267 e. The second kappa shape index (κ2) is 5.29. The number of nitrogens with one attached hydrogen (secondary N) is 2. The maximum absolute atomic E-state index is 11.9. The molecule has 3 aromatic heterocycles. The molecule has 130 valence electrons. The summed E-state index contributed by atoms with van der Waals surface area (Å²) in [4.78, 5) is 23.5. The van der Waals surface area contributed by atoms with Gasteiger partial charge in [-0.15, -0.1) is 0 Å². The molecule has 3 heterocycles. The number of anilines is 1. The highest BCUT2D eigenvalue weighted by Gasteiger charge is 2.29. The van der Waals surface area contributed by atoms with E-state index >= 15 is 0 Å². The van der Waals surface area contributed by atoms with Crippen molar-refractivity contribution in [3.8, 4) is 11.3 Å². The molecule has 0 unspecified atom stereocenters. The molecular weight excluding hydrogens is 330 g/mol. The fraction of sp³-hybridized carbons (Fsp3) is 0.222. The first kappa shape index (κ1) is 14.9. The van der Waals surface area contributed by atoms with Crippen molar-refractivity contribution in [1.82, 2.24) is 30.0 Å². The van der Waals surface area contributed by atoms with Gasteiger partial charge in [-0.2, -0.15) is 5.10 Å². The highest BCUT2D eigenvalue weighted by Crippen LogP contribution is 2.40. The van der Waals surface area contributed by atoms with Crippen LogP contribution in [0.15, 0.2) is 30.6 Å². The standard InChI is InChI=1S/C18H17N7O/c1-20-18(26)13-6-9-2-3-10(7-12(9)23-13)15-14-16(19)21-8-22-17(14)25(24-15)11-4-5-11/h2-3,6-8,11,23H,4-5H2,1H3,(H,20,26)(H2,19,21,22). The number of nitrogens with zero attached hydrogens (tertiary/aromatic N) is 4. The number of amides is 1. The smallest absolute Gasteiger partial charge is 0.267 e. The van der Waals surface area contributed by atoms with Gasteiger partial charge in [0.2, 0.25) is 0 Å². The molecule has 8 nitrogen and oxygen atoms in total. The number of nitrogen functional groups attached to an aromatic ring is 1. The molecule has 0 saturated heterocycles. The van der Waals surface area contributed by atoms with E-state index in [0.717, 1.165) is 46.0 Å². The molecule has 8 heteroatoms. The number of rotatable bonds is 3. The summed E-state index contributed by atoms with van der Waals surface area (Å²) in [5, 5.41) is 9.15. The van der Waals surface area contributed by atoms with Gasteiger partial charge < -0.3 is 16.0 Å². The number of H-pyrrole nitrogens is 1. The molecule has 0 aliphatic heterocycles. The molecule has 0 atom stereocenters. The molecule has 1 amide bonds. The lowest BCUT2D eigenvalue weighted by Crippen LogP contribution is -2.17. The third-order valence-corrected chi connectivity index (χ3v) is 4.78. The summed E-state index contributed by atoms with van der Waals surface area (Å²) in [7, 11) is 1.61. The monoisotopic (exact) mass is 347 g/mol. The van der Waals surface area contributed by atoms with Crippen molar-refractivity contribution in [2.24, 2.45) is 0 Å². The Labute approximate surface area is 148 Å². The van der Waals surface area contributed by atoms with Crippen molar-refractivity contribution in [1.29, 1.82) is 0 Å². The normalized spacial score (nSPS) is 14.2. The van der Waals surface area contributed by atoms with Gasteiger partial charge in [-0.25, -0.2) is 14.6 Å². The Morgan fingerprint density at radius 1 is 1.31 bits per heavy atom. The van der Waals surface area contributed by atoms with Crippen molar-refractivity contribution in [3.05, 3.63) is 36.3 Å². The number of aromatic nitrogens is 5. The summed E-state index contributed by atoms with van der Waals surface area (Å²) >= 11 is 0. The van der Waals surface area contributed by atoms with Crippen molar-refractivity contribution in [2.75, 3.05) is 12.8 Å². The number of benzene rings is 1. The second-order valence-corrected chi connectivity index (χ2v) is 6.55. The van der Waals surface area contributed by atoms with E-state index in [1.807, 2.05) is 28.9 Å². The fourth-order valence-corrected chi connectivity index (χ4v) is 3.30. The second-order valence-electron chi connectivity index (χ2n) is 6.55. The van der Waals surface area contributed by atoms with Gasteiger partial charge in [0.1, 0.15) is 23.5 Å². The number of fused-ring (bicyclic) bond motifs is 2. The van der Waals surface area contributed by atoms with Gasteiger partial charge in [0.05, 0.1) is 11.4 Å². The fourth-order valence-electron chi connectivity index (χ4n) is 3.30. The first-order chi connectivity index (χ1) is 12.7. The van der Waals surface area contributed by atoms with Crippen molar-refractivity contribution >= 4 is 33.7 Å². The Hall–Kier alpha value is -3.42. The minimum absolute atomic E-state index is 0.149. The van der Waals surface area contributed by atoms with Crippen molar-refractivity contribution in [2.45, 2.75) is 18.9 Å². The molecule has 4 aromatic rings. The lowest BCUT2D eigenvalue weighted by atomic mass is 10.1. The average Bonchev–Trinajstić information content (AvgIpc) is 3.28. The molecule has 1 aliphatic carbocycles. The van der Waals surface area contributed by atoms with Gasteiger partial charge in [0.15, 0.2) is 5.65 Å². The highest BCUT2D eigenvalue weighted by atomic mass is 16.1. The highest BCUT2D eigenvalue weighted by molar-refractivity contribution is 6.02. The van der Waals surface area contributed by atoms with Crippen LogP contribution in [0, 0.1) is 0 Å². The van der Waals surface area contributed by atoms with Crippen LogP contribution in [0.4, 0.5) is 5.82 Å². The van der Waals surface area contributed by atoms with E-state index in [2.05, 4.69) is 20.3 Å². The Bertz CT molecular complexity index is 1170. The Balaban J connectivity index is 1.71. The van der Waals surface area contributed by atoms with E-state index in [0.29, 0.717) is 17.6 Å². The van der Waals surface area contributed by atoms with Crippen LogP contribution < -0.4 is 11.1 Å². The molecule has 0 radical (unpaired) electrons. The average molecular weight is 347 g/mol. The van der Waals surface area contributed by atoms with Gasteiger partial charge in [-0.3, -0.25) is 4.79 Å². The maximum atomic E-state index is 11.9. The Kier molecular flexibility index (Phi) is 3.03. The van der Waals surface area contributed by atoms with E-state index in [1.165, 1.54) is 6.33 Å². The summed E-state index contributed by atoms with van der Waals surface area (Å²) in [6.45, 7) is 0. The van der Waals surface area contributed by atoms with Crippen LogP contribution in [0.5, 0.6) is 0 Å². The van der Waals surface area contributed by atoms with Crippen molar-refractivity contribution in [3.63, 3.8) is 0 Å². The number of hydrogen-bond donors (Lipinski definition) is 3. The topological polar surface area (TPSA) is 115 Å². The third kappa shape index (κ3) is 2.15. The molecule has 5 rings (SSSR count). The van der Waals surface area contributed by atoms with Gasteiger partial charge in [-0.05, 0) is 25.0 Å². The summed E-state index contributed by atoms with van der Waals surface area (Å²) < 4.78 is 1.96. The van der Waals surface area contributed by atoms with Crippen LogP contribution in [-0.4, -0.2) is 37.7 Å². The molecule has 4 N–H and O–H groups in total. The minimum atomic E-state index is -0.149. The third-order valence-electron chi connectivity index (χ3n) is 4.78. The lowest BCUT2D eigenvalue weighted by Gasteiger charge is -2.00. The predicted molar refractivity (Wildman–Crippen MR) is 98.7 cm³/mol. The van der Waals surface area contributed by atoms with Crippen LogP contribution >= 0.6 is 0 Å². The molecule has 26 heavy (non-hydrogen) atoms. The van der Waals surface area contributed by atoms with Crippen LogP contribution in [0.1, 0.15) is 29.4 Å². The van der Waals surface area contributed by atoms with Crippen LogP contribution in [0.3, 0.4) is 0 Å². The number of carbonyl (C=O) groups is 1. The van der Waals surface area contributed by atoms with Gasteiger partial charge in [-0.1, -0.05) is 12.1 Å². The van der Waals surface area contributed by atoms with Gasteiger partial charge in [0.25, 0.3) is 5.91 Å². The zero-order chi connectivity index (χ0) is 17.8. The zero-order valence-electron chi connectivity index (χ0n) is 14.2. The first-order valence-corrected chi connectivity index (χ1v) is 8.49. The van der Waals surface area contributed by atoms with Crippen LogP contribution in [0.25, 0.3) is 33.2 Å². The van der Waals surface area contributed by atoms with E-state index in [4.69, 9.17) is 10.8 Å². The summed E-state index contributed by atoms with van der Waals surface area (Å²) in [6.07, 6.45) is 3.68. The van der Waals surface area contributed by atoms with E-state index in [-0.39, 0.29) is 5.91 Å². The molecule has 0 spiro atoms. The Morgan fingerprint density at radius 2 is 2.15 bits per heavy atom. The van der Waals surface area contributed by atoms with Gasteiger partial charge in [0, 0.05) is 23.5 Å². The molecule has 1 saturated carbocycles. The number of aromatic amines is 1. The largest absolute Gasteiger partial charge is 0.383 e. The Morgan fingerprint density at radius 3 is 2.92 bits per heavy atom. The molecule has 1 fully saturated rings. The summed E-state index contributed by atoms with van der Waals surface area (Å²) in [6, 6.07) is 8.14. The van der Waals surface area contributed by atoms with E-state index in [9.17, 15) is 4.79 Å². The quantitative estimate of drug-likeness (QED) is 0.526. The summed E-state index contributed by atoms with van der Waals surface area (Å²) in [5.74, 6) is 0.276. The van der Waals surface area contributed by atoms with E-state index in [1.54, 1.807) is 7.05 Å². The summed E-state index contributed by atoms with van der Waals surface area (Å²) in [5.41, 5.74) is 9.98. The number of hydrogen-bond acceptors (Lipinski definition) is 5. The molecular formula is C18H17N7O. The van der Waals surface area contributed by atoms with Gasteiger partial charge >= 0.3 is 0 Å².